The first-order valence-corrected chi connectivity index (χ1v) is 10.7. The number of hydrogen-bond donors (Lipinski definition) is 1. The lowest BCUT2D eigenvalue weighted by atomic mass is 9.44. The summed E-state index contributed by atoms with van der Waals surface area (Å²) in [5.74, 6) is -1.35. The molecule has 0 spiro atoms. The number of aliphatic hydroxyl groups is 1. The summed E-state index contributed by atoms with van der Waals surface area (Å²) < 4.78 is 22.6. The molecule has 5 nitrogen and oxygen atoms in total. The Morgan fingerprint density at radius 2 is 1.83 bits per heavy atom. The van der Waals surface area contributed by atoms with E-state index in [2.05, 4.69) is 0 Å². The Balaban J connectivity index is 1.81. The van der Waals surface area contributed by atoms with Gasteiger partial charge < -0.3 is 9.84 Å². The summed E-state index contributed by atoms with van der Waals surface area (Å²) in [5, 5.41) is 11.3. The lowest BCUT2D eigenvalue weighted by molar-refractivity contribution is -0.231. The molecule has 3 fully saturated rings. The minimum absolute atomic E-state index is 0.0287. The van der Waals surface area contributed by atoms with Crippen LogP contribution in [0.1, 0.15) is 72.6 Å². The van der Waals surface area contributed by atoms with Crippen molar-refractivity contribution >= 4 is 17.5 Å². The minimum Gasteiger partial charge on any atom is -0.451 e. The highest BCUT2D eigenvalue weighted by atomic mass is 19.1. The molecule has 7 atom stereocenters. The minimum atomic E-state index is -1.86. The number of allylic oxidation sites excluding steroid dienone is 1. The smallest absolute Gasteiger partial charge is 0.303 e. The van der Waals surface area contributed by atoms with Gasteiger partial charge in [-0.05, 0) is 57.4 Å². The summed E-state index contributed by atoms with van der Waals surface area (Å²) in [6.07, 6.45) is 3.15. The number of carbonyl (C=O) groups is 3. The molecule has 0 heterocycles. The number of carbonyl (C=O) groups excluding carboxylic acids is 3. The summed E-state index contributed by atoms with van der Waals surface area (Å²) >= 11 is 0. The molecule has 4 aliphatic carbocycles. The zero-order valence-electron chi connectivity index (χ0n) is 17.7. The van der Waals surface area contributed by atoms with Crippen LogP contribution in [0.25, 0.3) is 0 Å². The van der Waals surface area contributed by atoms with Crippen LogP contribution in [0.4, 0.5) is 4.39 Å². The molecular formula is C23H31FO5. The van der Waals surface area contributed by atoms with Crippen LogP contribution in [0.5, 0.6) is 0 Å². The van der Waals surface area contributed by atoms with Crippen LogP contribution in [-0.4, -0.2) is 40.0 Å². The molecule has 6 heteroatoms. The molecule has 0 bridgehead atoms. The zero-order valence-corrected chi connectivity index (χ0v) is 17.7. The van der Waals surface area contributed by atoms with E-state index in [-0.39, 0.29) is 30.3 Å². The number of alkyl halides is 1. The van der Waals surface area contributed by atoms with Gasteiger partial charge in [0.1, 0.15) is 5.67 Å². The number of aliphatic hydroxyl groups excluding tert-OH is 1. The Hall–Kier alpha value is -1.56. The number of esters is 1. The fourth-order valence-corrected chi connectivity index (χ4v) is 7.62. The third kappa shape index (κ3) is 2.38. The van der Waals surface area contributed by atoms with Crippen LogP contribution in [0, 0.1) is 22.7 Å². The maximum absolute atomic E-state index is 17.0. The molecule has 0 aliphatic heterocycles. The number of hydrogen-bond acceptors (Lipinski definition) is 5. The fourth-order valence-electron chi connectivity index (χ4n) is 7.62. The Bertz CT molecular complexity index is 820. The molecule has 0 aromatic heterocycles. The first kappa shape index (κ1) is 20.7. The second-order valence-electron chi connectivity index (χ2n) is 10.1. The highest BCUT2D eigenvalue weighted by Crippen LogP contribution is 2.70. The molecule has 0 unspecified atom stereocenters. The Labute approximate surface area is 171 Å². The fraction of sp³-hybridized carbons (Fsp3) is 0.783. The van der Waals surface area contributed by atoms with E-state index in [4.69, 9.17) is 4.74 Å². The van der Waals surface area contributed by atoms with Crippen molar-refractivity contribution in [3.05, 3.63) is 11.6 Å². The van der Waals surface area contributed by atoms with Crippen LogP contribution >= 0.6 is 0 Å². The van der Waals surface area contributed by atoms with Gasteiger partial charge >= 0.3 is 5.97 Å². The van der Waals surface area contributed by atoms with E-state index in [1.165, 1.54) is 13.8 Å². The summed E-state index contributed by atoms with van der Waals surface area (Å²) in [7, 11) is 0. The molecule has 1 N–H and O–H groups in total. The average Bonchev–Trinajstić information content (AvgIpc) is 2.90. The van der Waals surface area contributed by atoms with E-state index >= 15 is 4.39 Å². The number of halogens is 1. The van der Waals surface area contributed by atoms with E-state index in [1.807, 2.05) is 13.8 Å². The first-order chi connectivity index (χ1) is 13.4. The van der Waals surface area contributed by atoms with Crippen molar-refractivity contribution in [1.82, 2.24) is 0 Å². The Morgan fingerprint density at radius 3 is 2.45 bits per heavy atom. The lowest BCUT2D eigenvalue weighted by Gasteiger charge is -2.63. The van der Waals surface area contributed by atoms with E-state index in [0.717, 1.165) is 5.57 Å². The van der Waals surface area contributed by atoms with E-state index in [9.17, 15) is 19.5 Å². The summed E-state index contributed by atoms with van der Waals surface area (Å²) in [6.45, 7) is 6.45. The molecule has 3 saturated carbocycles. The van der Waals surface area contributed by atoms with Gasteiger partial charge in [-0.15, -0.1) is 0 Å². The normalized spacial score (nSPS) is 48.8. The quantitative estimate of drug-likeness (QED) is 0.710. The van der Waals surface area contributed by atoms with Gasteiger partial charge in [0.15, 0.2) is 17.2 Å². The molecule has 0 aromatic rings. The molecular weight excluding hydrogens is 375 g/mol. The largest absolute Gasteiger partial charge is 0.451 e. The van der Waals surface area contributed by atoms with Gasteiger partial charge in [-0.3, -0.25) is 14.4 Å². The van der Waals surface area contributed by atoms with Crippen molar-refractivity contribution in [1.29, 1.82) is 0 Å². The van der Waals surface area contributed by atoms with Crippen LogP contribution < -0.4 is 0 Å². The van der Waals surface area contributed by atoms with Crippen LogP contribution in [0.15, 0.2) is 11.6 Å². The van der Waals surface area contributed by atoms with Gasteiger partial charge in [-0.1, -0.05) is 19.4 Å². The van der Waals surface area contributed by atoms with Crippen molar-refractivity contribution in [3.63, 3.8) is 0 Å². The van der Waals surface area contributed by atoms with Crippen molar-refractivity contribution in [2.45, 2.75) is 90.0 Å². The third-order valence-electron chi connectivity index (χ3n) is 9.05. The Kier molecular flexibility index (Phi) is 4.44. The second-order valence-corrected chi connectivity index (χ2v) is 10.1. The van der Waals surface area contributed by atoms with E-state index in [1.54, 1.807) is 6.08 Å². The van der Waals surface area contributed by atoms with Crippen molar-refractivity contribution in [3.8, 4) is 0 Å². The maximum Gasteiger partial charge on any atom is 0.303 e. The molecule has 0 amide bonds. The molecule has 4 rings (SSSR count). The molecule has 0 aromatic carbocycles. The SMILES string of the molecule is CC(=O)O[C@]1(C(C)=O)CC[C@@H]2[C@@H]3CCC4=CC(=O)CC[C@]4(C)[C@]3(F)[C@@H](O)C[C@]21C. The van der Waals surface area contributed by atoms with E-state index in [0.29, 0.717) is 32.1 Å². The van der Waals surface area contributed by atoms with Gasteiger partial charge in [-0.25, -0.2) is 4.39 Å². The second kappa shape index (κ2) is 6.22. The highest BCUT2D eigenvalue weighted by Gasteiger charge is 2.75. The molecule has 0 saturated heterocycles. The van der Waals surface area contributed by atoms with Crippen molar-refractivity contribution in [2.24, 2.45) is 22.7 Å². The van der Waals surface area contributed by atoms with Gasteiger partial charge in [-0.2, -0.15) is 0 Å². The number of fused-ring (bicyclic) bond motifs is 5. The highest BCUT2D eigenvalue weighted by molar-refractivity contribution is 5.92. The zero-order chi connectivity index (χ0) is 21.4. The predicted molar refractivity (Wildman–Crippen MR) is 104 cm³/mol. The summed E-state index contributed by atoms with van der Waals surface area (Å²) in [5.41, 5.74) is -4.05. The van der Waals surface area contributed by atoms with Crippen LogP contribution in [-0.2, 0) is 19.1 Å². The van der Waals surface area contributed by atoms with Gasteiger partial charge in [0, 0.05) is 30.1 Å². The van der Waals surface area contributed by atoms with Gasteiger partial charge in [0.25, 0.3) is 0 Å². The van der Waals surface area contributed by atoms with Gasteiger partial charge in [0.2, 0.25) is 0 Å². The molecule has 160 valence electrons. The monoisotopic (exact) mass is 406 g/mol. The van der Waals surface area contributed by atoms with Crippen LogP contribution in [0.3, 0.4) is 0 Å². The molecule has 4 aliphatic rings. The third-order valence-corrected chi connectivity index (χ3v) is 9.05. The number of Topliss-reactive ketones (excluding diaryl/α,β-unsaturated/α-hetero) is 1. The lowest BCUT2D eigenvalue weighted by Crippen LogP contribution is -2.69. The topological polar surface area (TPSA) is 80.7 Å². The summed E-state index contributed by atoms with van der Waals surface area (Å²) in [6, 6.07) is 0. The maximum atomic E-state index is 17.0. The summed E-state index contributed by atoms with van der Waals surface area (Å²) in [4.78, 5) is 36.6. The van der Waals surface area contributed by atoms with Crippen LogP contribution in [0.2, 0.25) is 0 Å². The number of rotatable bonds is 2. The average molecular weight is 406 g/mol. The predicted octanol–water partition coefficient (Wildman–Crippen LogP) is 3.47. The molecule has 0 radical (unpaired) electrons. The van der Waals surface area contributed by atoms with Crippen molar-refractivity contribution < 1.29 is 28.6 Å². The van der Waals surface area contributed by atoms with Gasteiger partial charge in [0.05, 0.1) is 6.10 Å². The Morgan fingerprint density at radius 1 is 1.14 bits per heavy atom. The number of ether oxygens (including phenoxy) is 1. The standard InChI is InChI=1S/C23H31FO5/c1-13(25)22(29-14(2)26)10-8-17-18-6-5-15-11-16(27)7-9-20(15,3)23(18,24)19(28)12-21(17,22)4/h11,17-19,28H,5-10,12H2,1-4H3/t17-,18+,19+,20+,21-,22+,23-/m1/s1. The van der Waals surface area contributed by atoms with E-state index < -0.39 is 40.1 Å². The number of ketones is 2. The van der Waals surface area contributed by atoms with Crippen molar-refractivity contribution in [2.75, 3.05) is 0 Å². The molecule has 29 heavy (non-hydrogen) atoms. The first-order valence-electron chi connectivity index (χ1n) is 10.7.